The van der Waals surface area contributed by atoms with Crippen molar-refractivity contribution < 1.29 is 18.8 Å². The van der Waals surface area contributed by atoms with E-state index in [0.717, 1.165) is 42.0 Å². The molecule has 3 amide bonds. The molecule has 0 radical (unpaired) electrons. The highest BCUT2D eigenvalue weighted by Gasteiger charge is 2.35. The number of hydrogen-bond donors (Lipinski definition) is 1. The quantitative estimate of drug-likeness (QED) is 0.462. The number of halogens is 1. The lowest BCUT2D eigenvalue weighted by Crippen LogP contribution is -2.53. The van der Waals surface area contributed by atoms with Crippen LogP contribution < -0.4 is 10.2 Å². The molecule has 2 aliphatic rings. The Balaban J connectivity index is 1.42. The molecular weight excluding hydrogens is 469 g/mol. The van der Waals surface area contributed by atoms with E-state index in [-0.39, 0.29) is 42.7 Å². The summed E-state index contributed by atoms with van der Waals surface area (Å²) < 4.78 is 13.6. The van der Waals surface area contributed by atoms with E-state index >= 15 is 0 Å². The molecule has 37 heavy (non-hydrogen) atoms. The van der Waals surface area contributed by atoms with Crippen LogP contribution in [-0.2, 0) is 16.1 Å². The molecular formula is C30H32FN3O3. The van der Waals surface area contributed by atoms with Gasteiger partial charge in [-0.3, -0.25) is 19.3 Å². The minimum atomic E-state index is -0.699. The first-order valence-electron chi connectivity index (χ1n) is 13.1. The summed E-state index contributed by atoms with van der Waals surface area (Å²) >= 11 is 0. The number of hydrogen-bond acceptors (Lipinski definition) is 3. The van der Waals surface area contributed by atoms with Crippen LogP contribution in [0.15, 0.2) is 60.7 Å². The van der Waals surface area contributed by atoms with Crippen molar-refractivity contribution in [2.75, 3.05) is 11.4 Å². The van der Waals surface area contributed by atoms with E-state index in [1.807, 2.05) is 37.3 Å². The van der Waals surface area contributed by atoms with Crippen molar-refractivity contribution in [3.63, 3.8) is 0 Å². The Morgan fingerprint density at radius 3 is 2.43 bits per heavy atom. The van der Waals surface area contributed by atoms with E-state index in [2.05, 4.69) is 5.32 Å². The summed E-state index contributed by atoms with van der Waals surface area (Å²) in [4.78, 5) is 43.6. The van der Waals surface area contributed by atoms with Gasteiger partial charge in [-0.25, -0.2) is 4.39 Å². The van der Waals surface area contributed by atoms with Gasteiger partial charge in [0.25, 0.3) is 5.91 Å². The third-order valence-electron chi connectivity index (χ3n) is 7.55. The minimum Gasteiger partial charge on any atom is -0.352 e. The summed E-state index contributed by atoms with van der Waals surface area (Å²) in [6.07, 6.45) is 5.66. The van der Waals surface area contributed by atoms with Crippen molar-refractivity contribution in [3.8, 4) is 0 Å². The molecule has 1 aliphatic carbocycles. The minimum absolute atomic E-state index is 0.116. The molecule has 3 aromatic carbocycles. The van der Waals surface area contributed by atoms with Crippen LogP contribution in [0, 0.1) is 5.82 Å². The number of nitrogens with one attached hydrogen (secondary N) is 1. The van der Waals surface area contributed by atoms with E-state index in [1.165, 1.54) is 23.5 Å². The van der Waals surface area contributed by atoms with Gasteiger partial charge in [0.1, 0.15) is 18.4 Å². The number of carbonyl (C=O) groups is 3. The summed E-state index contributed by atoms with van der Waals surface area (Å²) in [7, 11) is 0. The van der Waals surface area contributed by atoms with Crippen LogP contribution in [0.2, 0.25) is 0 Å². The number of amides is 3. The van der Waals surface area contributed by atoms with Crippen LogP contribution >= 0.6 is 0 Å². The summed E-state index contributed by atoms with van der Waals surface area (Å²) in [5, 5.41) is 4.95. The molecule has 0 spiro atoms. The molecule has 1 atom stereocenters. The van der Waals surface area contributed by atoms with Gasteiger partial charge in [-0.05, 0) is 54.5 Å². The summed E-state index contributed by atoms with van der Waals surface area (Å²) in [6, 6.07) is 16.6. The maximum absolute atomic E-state index is 13.9. The zero-order chi connectivity index (χ0) is 25.9. The van der Waals surface area contributed by atoms with Crippen LogP contribution in [0.5, 0.6) is 0 Å². The number of carbonyl (C=O) groups excluding carboxylic acids is 3. The van der Waals surface area contributed by atoms with Gasteiger partial charge < -0.3 is 10.2 Å². The number of benzene rings is 3. The van der Waals surface area contributed by atoms with E-state index in [4.69, 9.17) is 0 Å². The van der Waals surface area contributed by atoms with Crippen LogP contribution in [-0.4, -0.2) is 41.2 Å². The molecule has 1 aliphatic heterocycles. The second kappa shape index (κ2) is 10.7. The summed E-state index contributed by atoms with van der Waals surface area (Å²) in [5.74, 6) is -1.09. The predicted octanol–water partition coefficient (Wildman–Crippen LogP) is 5.20. The number of rotatable bonds is 8. The third kappa shape index (κ3) is 5.08. The molecule has 0 saturated heterocycles. The predicted molar refractivity (Wildman–Crippen MR) is 142 cm³/mol. The fraction of sp³-hybridized carbons (Fsp3) is 0.367. The van der Waals surface area contributed by atoms with Crippen molar-refractivity contribution in [2.45, 2.75) is 64.1 Å². The Morgan fingerprint density at radius 1 is 1.03 bits per heavy atom. The Morgan fingerprint density at radius 2 is 1.73 bits per heavy atom. The highest BCUT2D eigenvalue weighted by atomic mass is 19.1. The van der Waals surface area contributed by atoms with E-state index in [9.17, 15) is 18.8 Å². The van der Waals surface area contributed by atoms with Crippen LogP contribution in [0.3, 0.4) is 0 Å². The molecule has 0 unspecified atom stereocenters. The average Bonchev–Trinajstić information content (AvgIpc) is 3.18. The van der Waals surface area contributed by atoms with Crippen LogP contribution in [0.1, 0.15) is 61.4 Å². The normalized spacial score (nSPS) is 16.2. The van der Waals surface area contributed by atoms with E-state index in [0.29, 0.717) is 17.7 Å². The monoisotopic (exact) mass is 501 g/mol. The first-order chi connectivity index (χ1) is 18.0. The number of anilines is 1. The SMILES string of the molecule is CC[C@@H](C(=O)NC1CCCCC1)N(Cc1ccc(F)cc1)C(=O)CN1C(=O)c2cccc3cccc1c23. The summed E-state index contributed by atoms with van der Waals surface area (Å²) in [5.41, 5.74) is 2.00. The van der Waals surface area contributed by atoms with Crippen molar-refractivity contribution in [1.82, 2.24) is 10.2 Å². The van der Waals surface area contributed by atoms with Gasteiger partial charge in [0, 0.05) is 23.5 Å². The maximum atomic E-state index is 13.9. The second-order valence-electron chi connectivity index (χ2n) is 9.99. The fourth-order valence-corrected chi connectivity index (χ4v) is 5.61. The molecule has 192 valence electrons. The topological polar surface area (TPSA) is 69.7 Å². The first kappa shape index (κ1) is 24.9. The second-order valence-corrected chi connectivity index (χ2v) is 9.99. The van der Waals surface area contributed by atoms with Gasteiger partial charge in [0.05, 0.1) is 5.69 Å². The molecule has 6 nitrogen and oxygen atoms in total. The van der Waals surface area contributed by atoms with Crippen molar-refractivity contribution >= 4 is 34.2 Å². The molecule has 1 saturated carbocycles. The highest BCUT2D eigenvalue weighted by molar-refractivity contribution is 6.26. The largest absolute Gasteiger partial charge is 0.352 e. The fourth-order valence-electron chi connectivity index (χ4n) is 5.61. The lowest BCUT2D eigenvalue weighted by atomic mass is 9.95. The highest BCUT2D eigenvalue weighted by Crippen LogP contribution is 2.37. The lowest BCUT2D eigenvalue weighted by Gasteiger charge is -2.33. The van der Waals surface area contributed by atoms with Crippen molar-refractivity contribution in [3.05, 3.63) is 77.6 Å². The average molecular weight is 502 g/mol. The van der Waals surface area contributed by atoms with Gasteiger partial charge in [0.15, 0.2) is 0 Å². The summed E-state index contributed by atoms with van der Waals surface area (Å²) in [6.45, 7) is 1.85. The molecule has 3 aromatic rings. The van der Waals surface area contributed by atoms with E-state index in [1.54, 1.807) is 23.1 Å². The molecule has 1 N–H and O–H groups in total. The number of nitrogens with zero attached hydrogens (tertiary/aromatic N) is 2. The Labute approximate surface area is 216 Å². The molecule has 0 aromatic heterocycles. The van der Waals surface area contributed by atoms with E-state index < -0.39 is 6.04 Å². The molecule has 7 heteroatoms. The van der Waals surface area contributed by atoms with Gasteiger partial charge >= 0.3 is 0 Å². The lowest BCUT2D eigenvalue weighted by molar-refractivity contribution is -0.140. The van der Waals surface area contributed by atoms with Crippen molar-refractivity contribution in [1.29, 1.82) is 0 Å². The Bertz CT molecular complexity index is 1310. The molecule has 1 fully saturated rings. The van der Waals surface area contributed by atoms with Crippen LogP contribution in [0.25, 0.3) is 10.8 Å². The zero-order valence-electron chi connectivity index (χ0n) is 21.1. The van der Waals surface area contributed by atoms with Gasteiger partial charge in [-0.15, -0.1) is 0 Å². The Kier molecular flexibility index (Phi) is 7.22. The Hall–Kier alpha value is -3.74. The van der Waals surface area contributed by atoms with Gasteiger partial charge in [-0.2, -0.15) is 0 Å². The molecule has 5 rings (SSSR count). The zero-order valence-corrected chi connectivity index (χ0v) is 21.1. The third-order valence-corrected chi connectivity index (χ3v) is 7.55. The first-order valence-corrected chi connectivity index (χ1v) is 13.1. The molecule has 0 bridgehead atoms. The van der Waals surface area contributed by atoms with Crippen LogP contribution in [0.4, 0.5) is 10.1 Å². The van der Waals surface area contributed by atoms with Gasteiger partial charge in [-0.1, -0.05) is 62.6 Å². The van der Waals surface area contributed by atoms with Gasteiger partial charge in [0.2, 0.25) is 11.8 Å². The van der Waals surface area contributed by atoms with Crippen molar-refractivity contribution in [2.24, 2.45) is 0 Å². The smallest absolute Gasteiger partial charge is 0.259 e. The standard InChI is InChI=1S/C30H32FN3O3/c1-2-25(29(36)32-23-10-4-3-5-11-23)33(18-20-14-16-22(31)17-15-20)27(35)19-34-26-13-7-9-21-8-6-12-24(28(21)26)30(34)37/h6-9,12-17,23,25H,2-5,10-11,18-19H2,1H3,(H,32,36)/t25-/m0/s1. The molecule has 1 heterocycles. The maximum Gasteiger partial charge on any atom is 0.259 e.